The van der Waals surface area contributed by atoms with Gasteiger partial charge in [-0.2, -0.15) is 0 Å². The molecular formula is C16H23BrN2O. The number of nitrogens with zero attached hydrogens (tertiary/aromatic N) is 2. The quantitative estimate of drug-likeness (QED) is 0.897. The van der Waals surface area contributed by atoms with E-state index in [1.807, 2.05) is 6.07 Å². The molecule has 1 unspecified atom stereocenters. The molecule has 2 heterocycles. The van der Waals surface area contributed by atoms with Gasteiger partial charge in [-0.05, 0) is 44.0 Å². The molecule has 4 heteroatoms. The molecule has 0 radical (unpaired) electrons. The Labute approximate surface area is 129 Å². The molecule has 20 heavy (non-hydrogen) atoms. The second-order valence-electron chi connectivity index (χ2n) is 6.01. The molecule has 0 spiro atoms. The lowest BCUT2D eigenvalue weighted by atomic mass is 9.99. The van der Waals surface area contributed by atoms with E-state index in [4.69, 9.17) is 0 Å². The number of anilines is 1. The molecule has 1 aromatic rings. The van der Waals surface area contributed by atoms with E-state index in [1.54, 1.807) is 6.92 Å². The molecule has 0 amide bonds. The molecule has 3 rings (SSSR count). The summed E-state index contributed by atoms with van der Waals surface area (Å²) >= 11 is 3.59. The molecule has 2 saturated heterocycles. The van der Waals surface area contributed by atoms with Crippen LogP contribution in [0.2, 0.25) is 0 Å². The van der Waals surface area contributed by atoms with E-state index < -0.39 is 6.10 Å². The smallest absolute Gasteiger partial charge is 0.0772 e. The first kappa shape index (κ1) is 14.4. The molecule has 0 saturated carbocycles. The fraction of sp³-hybridized carbons (Fsp3) is 0.625. The second-order valence-corrected chi connectivity index (χ2v) is 6.87. The second kappa shape index (κ2) is 6.04. The van der Waals surface area contributed by atoms with E-state index in [1.165, 1.54) is 38.0 Å². The van der Waals surface area contributed by atoms with Crippen LogP contribution in [0, 0.1) is 0 Å². The average molecular weight is 339 g/mol. The summed E-state index contributed by atoms with van der Waals surface area (Å²) in [5.74, 6) is 0. The van der Waals surface area contributed by atoms with Gasteiger partial charge in [-0.1, -0.05) is 28.4 Å². The van der Waals surface area contributed by atoms with Crippen molar-refractivity contribution in [2.24, 2.45) is 0 Å². The lowest BCUT2D eigenvalue weighted by Gasteiger charge is -2.45. The largest absolute Gasteiger partial charge is 0.389 e. The van der Waals surface area contributed by atoms with Crippen molar-refractivity contribution in [3.05, 3.63) is 28.2 Å². The van der Waals surface area contributed by atoms with Crippen LogP contribution >= 0.6 is 15.9 Å². The highest BCUT2D eigenvalue weighted by molar-refractivity contribution is 9.10. The van der Waals surface area contributed by atoms with Gasteiger partial charge in [0.2, 0.25) is 0 Å². The Morgan fingerprint density at radius 2 is 2.10 bits per heavy atom. The fourth-order valence-electron chi connectivity index (χ4n) is 3.44. The first-order valence-corrected chi connectivity index (χ1v) is 8.41. The van der Waals surface area contributed by atoms with Gasteiger partial charge >= 0.3 is 0 Å². The van der Waals surface area contributed by atoms with Crippen LogP contribution in [0.15, 0.2) is 22.7 Å². The topological polar surface area (TPSA) is 26.7 Å². The molecule has 1 aromatic carbocycles. The Bertz CT molecular complexity index is 478. The van der Waals surface area contributed by atoms with Crippen molar-refractivity contribution < 1.29 is 5.11 Å². The third kappa shape index (κ3) is 2.87. The average Bonchev–Trinajstić information content (AvgIpc) is 2.46. The molecule has 3 nitrogen and oxygen atoms in total. The minimum absolute atomic E-state index is 0.423. The molecule has 2 atom stereocenters. The van der Waals surface area contributed by atoms with Crippen LogP contribution in [0.3, 0.4) is 0 Å². The van der Waals surface area contributed by atoms with E-state index in [0.29, 0.717) is 0 Å². The minimum Gasteiger partial charge on any atom is -0.389 e. The van der Waals surface area contributed by atoms with Crippen molar-refractivity contribution in [3.8, 4) is 0 Å². The Hall–Kier alpha value is -0.580. The van der Waals surface area contributed by atoms with Crippen LogP contribution in [0.1, 0.15) is 37.9 Å². The number of benzene rings is 1. The number of piperidine rings is 1. The third-order valence-electron chi connectivity index (χ3n) is 4.64. The summed E-state index contributed by atoms with van der Waals surface area (Å²) < 4.78 is 1.01. The summed E-state index contributed by atoms with van der Waals surface area (Å²) in [5.41, 5.74) is 2.23. The summed E-state index contributed by atoms with van der Waals surface area (Å²) in [6.45, 7) is 6.52. The van der Waals surface area contributed by atoms with E-state index >= 15 is 0 Å². The van der Waals surface area contributed by atoms with Gasteiger partial charge in [0, 0.05) is 35.8 Å². The molecule has 0 aromatic heterocycles. The van der Waals surface area contributed by atoms with Crippen molar-refractivity contribution in [1.29, 1.82) is 0 Å². The first-order chi connectivity index (χ1) is 9.65. The lowest BCUT2D eigenvalue weighted by Crippen LogP contribution is -2.54. The zero-order chi connectivity index (χ0) is 14.1. The van der Waals surface area contributed by atoms with Crippen LogP contribution in [0.5, 0.6) is 0 Å². The predicted octanol–water partition coefficient (Wildman–Crippen LogP) is 3.18. The highest BCUT2D eigenvalue weighted by Gasteiger charge is 2.29. The summed E-state index contributed by atoms with van der Waals surface area (Å²) in [4.78, 5) is 5.14. The highest BCUT2D eigenvalue weighted by Crippen LogP contribution is 2.30. The fourth-order valence-corrected chi connectivity index (χ4v) is 4.14. The van der Waals surface area contributed by atoms with Gasteiger partial charge in [-0.3, -0.25) is 4.90 Å². The summed E-state index contributed by atoms with van der Waals surface area (Å²) in [7, 11) is 0. The maximum atomic E-state index is 9.71. The Morgan fingerprint density at radius 3 is 2.85 bits per heavy atom. The van der Waals surface area contributed by atoms with Crippen LogP contribution in [-0.2, 0) is 0 Å². The number of aliphatic hydroxyl groups excluding tert-OH is 1. The molecular weight excluding hydrogens is 316 g/mol. The number of hydrogen-bond donors (Lipinski definition) is 1. The van der Waals surface area contributed by atoms with Gasteiger partial charge in [0.1, 0.15) is 0 Å². The van der Waals surface area contributed by atoms with Crippen molar-refractivity contribution in [2.45, 2.75) is 38.3 Å². The minimum atomic E-state index is -0.423. The number of rotatable bonds is 2. The Kier molecular flexibility index (Phi) is 4.34. The van der Waals surface area contributed by atoms with Crippen molar-refractivity contribution in [2.75, 3.05) is 31.1 Å². The van der Waals surface area contributed by atoms with Gasteiger partial charge in [-0.15, -0.1) is 0 Å². The normalized spacial score (nSPS) is 25.4. The predicted molar refractivity (Wildman–Crippen MR) is 86.2 cm³/mol. The van der Waals surface area contributed by atoms with Crippen molar-refractivity contribution >= 4 is 21.6 Å². The Balaban J connectivity index is 1.75. The molecule has 0 aliphatic carbocycles. The molecule has 2 fully saturated rings. The van der Waals surface area contributed by atoms with Crippen LogP contribution < -0.4 is 4.90 Å². The number of aliphatic hydroxyl groups is 1. The number of halogens is 1. The highest BCUT2D eigenvalue weighted by atomic mass is 79.9. The van der Waals surface area contributed by atoms with E-state index in [0.717, 1.165) is 29.2 Å². The number of piperazine rings is 1. The summed E-state index contributed by atoms with van der Waals surface area (Å²) in [6, 6.07) is 7.07. The number of hydrogen-bond acceptors (Lipinski definition) is 3. The third-order valence-corrected chi connectivity index (χ3v) is 5.32. The van der Waals surface area contributed by atoms with E-state index in [-0.39, 0.29) is 0 Å². The lowest BCUT2D eigenvalue weighted by molar-refractivity contribution is 0.133. The molecule has 1 N–H and O–H groups in total. The molecule has 110 valence electrons. The maximum absolute atomic E-state index is 9.71. The van der Waals surface area contributed by atoms with Gasteiger partial charge < -0.3 is 10.0 Å². The van der Waals surface area contributed by atoms with Gasteiger partial charge in [-0.25, -0.2) is 0 Å². The van der Waals surface area contributed by atoms with Gasteiger partial charge in [0.05, 0.1) is 6.10 Å². The maximum Gasteiger partial charge on any atom is 0.0772 e. The summed E-state index contributed by atoms with van der Waals surface area (Å²) in [5, 5.41) is 9.71. The van der Waals surface area contributed by atoms with E-state index in [9.17, 15) is 5.11 Å². The summed E-state index contributed by atoms with van der Waals surface area (Å²) in [6.07, 6.45) is 3.66. The van der Waals surface area contributed by atoms with Gasteiger partial charge in [0.15, 0.2) is 0 Å². The monoisotopic (exact) mass is 338 g/mol. The molecule has 2 aliphatic heterocycles. The Morgan fingerprint density at radius 1 is 1.25 bits per heavy atom. The standard InChI is InChI=1S/C16H23BrN2O/c1-12(20)15-6-5-13(10-16(15)17)19-9-8-18-7-3-2-4-14(18)11-19/h5-6,10,12,14,20H,2-4,7-9,11H2,1H3/t12-,14?/m0/s1. The van der Waals surface area contributed by atoms with Crippen LogP contribution in [0.25, 0.3) is 0 Å². The van der Waals surface area contributed by atoms with Gasteiger partial charge in [0.25, 0.3) is 0 Å². The molecule has 2 aliphatic rings. The SMILES string of the molecule is C[C@H](O)c1ccc(N2CCN3CCCCC3C2)cc1Br. The van der Waals surface area contributed by atoms with E-state index in [2.05, 4.69) is 37.9 Å². The van der Waals surface area contributed by atoms with Crippen LogP contribution in [-0.4, -0.2) is 42.2 Å². The zero-order valence-corrected chi connectivity index (χ0v) is 13.6. The van der Waals surface area contributed by atoms with Crippen molar-refractivity contribution in [1.82, 2.24) is 4.90 Å². The first-order valence-electron chi connectivity index (χ1n) is 7.61. The van der Waals surface area contributed by atoms with Crippen molar-refractivity contribution in [3.63, 3.8) is 0 Å². The number of fused-ring (bicyclic) bond motifs is 1. The van der Waals surface area contributed by atoms with Crippen LogP contribution in [0.4, 0.5) is 5.69 Å². The molecule has 0 bridgehead atoms. The zero-order valence-electron chi connectivity index (χ0n) is 12.1.